The number of nitrogens with two attached hydrogens (primary N) is 2. The highest BCUT2D eigenvalue weighted by Crippen LogP contribution is 2.34. The van der Waals surface area contributed by atoms with Crippen LogP contribution < -0.4 is 27.5 Å². The molecular weight excluding hydrogens is 432 g/mol. The molecule has 3 heterocycles. The molecule has 2 aromatic heterocycles. The quantitative estimate of drug-likeness (QED) is 0.338. The molecule has 0 radical (unpaired) electrons. The minimum Gasteiger partial charge on any atom is -0.379 e. The number of fused-ring (bicyclic) bond motifs is 1. The molecule has 11 nitrogen and oxygen atoms in total. The molecule has 1 aliphatic carbocycles. The SMILES string of the molecule is NCc1cc(Nc2nc(NC3CC3)c3ncc(CN)n3n2)c(Cl)c(NN2CCOCC2)c1. The van der Waals surface area contributed by atoms with Crippen molar-refractivity contribution < 1.29 is 4.74 Å². The smallest absolute Gasteiger partial charge is 0.247 e. The number of hydrogen-bond donors (Lipinski definition) is 5. The van der Waals surface area contributed by atoms with E-state index in [1.165, 1.54) is 0 Å². The second-order valence-electron chi connectivity index (χ2n) is 7.94. The first-order valence-electron chi connectivity index (χ1n) is 10.7. The van der Waals surface area contributed by atoms with Crippen molar-refractivity contribution in [1.82, 2.24) is 24.6 Å². The maximum Gasteiger partial charge on any atom is 0.247 e. The minimum atomic E-state index is 0.317. The molecule has 12 heteroatoms. The molecule has 1 saturated heterocycles. The van der Waals surface area contributed by atoms with Gasteiger partial charge in [0.1, 0.15) is 0 Å². The van der Waals surface area contributed by atoms with Gasteiger partial charge >= 0.3 is 0 Å². The molecule has 7 N–H and O–H groups in total. The van der Waals surface area contributed by atoms with Crippen LogP contribution in [0.2, 0.25) is 5.02 Å². The number of nitrogens with one attached hydrogen (secondary N) is 3. The highest BCUT2D eigenvalue weighted by molar-refractivity contribution is 6.36. The van der Waals surface area contributed by atoms with Gasteiger partial charge in [-0.05, 0) is 30.5 Å². The summed E-state index contributed by atoms with van der Waals surface area (Å²) in [6.07, 6.45) is 3.95. The van der Waals surface area contributed by atoms with E-state index in [1.807, 2.05) is 12.1 Å². The zero-order valence-corrected chi connectivity index (χ0v) is 18.4. The van der Waals surface area contributed by atoms with Gasteiger partial charge in [0.25, 0.3) is 0 Å². The molecule has 5 rings (SSSR count). The van der Waals surface area contributed by atoms with E-state index in [-0.39, 0.29) is 0 Å². The lowest BCUT2D eigenvalue weighted by atomic mass is 10.1. The molecule has 3 aromatic rings. The number of nitrogens with zero attached hydrogens (tertiary/aromatic N) is 5. The fourth-order valence-corrected chi connectivity index (χ4v) is 3.78. The molecule has 1 aliphatic heterocycles. The summed E-state index contributed by atoms with van der Waals surface area (Å²) >= 11 is 6.76. The third-order valence-electron chi connectivity index (χ3n) is 5.46. The first kappa shape index (κ1) is 21.2. The van der Waals surface area contributed by atoms with Gasteiger partial charge in [-0.1, -0.05) is 11.6 Å². The largest absolute Gasteiger partial charge is 0.379 e. The van der Waals surface area contributed by atoms with E-state index < -0.39 is 0 Å². The number of hydrazine groups is 1. The Labute approximate surface area is 190 Å². The van der Waals surface area contributed by atoms with E-state index in [9.17, 15) is 0 Å². The molecule has 0 spiro atoms. The summed E-state index contributed by atoms with van der Waals surface area (Å²) in [6, 6.07) is 4.27. The van der Waals surface area contributed by atoms with Crippen LogP contribution >= 0.6 is 11.6 Å². The molecule has 170 valence electrons. The van der Waals surface area contributed by atoms with Gasteiger partial charge in [-0.3, -0.25) is 0 Å². The summed E-state index contributed by atoms with van der Waals surface area (Å²) in [7, 11) is 0. The fourth-order valence-electron chi connectivity index (χ4n) is 3.58. The van der Waals surface area contributed by atoms with Crippen molar-refractivity contribution in [2.45, 2.75) is 32.0 Å². The zero-order chi connectivity index (χ0) is 22.1. The number of anilines is 4. The molecule has 1 saturated carbocycles. The molecule has 2 fully saturated rings. The molecule has 0 bridgehead atoms. The zero-order valence-electron chi connectivity index (χ0n) is 17.6. The second kappa shape index (κ2) is 9.04. The van der Waals surface area contributed by atoms with E-state index in [4.69, 9.17) is 27.8 Å². The van der Waals surface area contributed by atoms with E-state index in [0.29, 0.717) is 60.5 Å². The predicted molar refractivity (Wildman–Crippen MR) is 124 cm³/mol. The van der Waals surface area contributed by atoms with Crippen LogP contribution in [0.5, 0.6) is 0 Å². The Hall–Kier alpha value is -2.70. The molecular formula is C20H27ClN10O. The van der Waals surface area contributed by atoms with Gasteiger partial charge in [-0.25, -0.2) is 14.5 Å². The average Bonchev–Trinajstić information content (AvgIpc) is 3.53. The Bertz CT molecular complexity index is 1110. The van der Waals surface area contributed by atoms with Crippen molar-refractivity contribution in [3.63, 3.8) is 0 Å². The third kappa shape index (κ3) is 4.43. The third-order valence-corrected chi connectivity index (χ3v) is 5.87. The van der Waals surface area contributed by atoms with Crippen LogP contribution in [0.4, 0.5) is 23.1 Å². The van der Waals surface area contributed by atoms with Crippen molar-refractivity contribution in [3.05, 3.63) is 34.6 Å². The van der Waals surface area contributed by atoms with Crippen LogP contribution in [0.1, 0.15) is 24.1 Å². The summed E-state index contributed by atoms with van der Waals surface area (Å²) in [5, 5.41) is 13.9. The second-order valence-corrected chi connectivity index (χ2v) is 8.31. The van der Waals surface area contributed by atoms with E-state index in [1.54, 1.807) is 10.7 Å². The molecule has 32 heavy (non-hydrogen) atoms. The van der Waals surface area contributed by atoms with Gasteiger partial charge in [-0.2, -0.15) is 4.98 Å². The van der Waals surface area contributed by atoms with Crippen LogP contribution in [-0.4, -0.2) is 56.9 Å². The summed E-state index contributed by atoms with van der Waals surface area (Å²) in [5.74, 6) is 1.06. The number of aromatic nitrogens is 4. The average molecular weight is 459 g/mol. The number of halogens is 1. The van der Waals surface area contributed by atoms with Crippen LogP contribution in [0.25, 0.3) is 5.65 Å². The standard InChI is InChI=1S/C20H27ClN10O/c21-17-15(7-12(9-22)8-16(17)28-30-3-5-32-6-4-30)26-20-27-18(25-13-1-2-13)19-24-11-14(10-23)31(19)29-20/h7-8,11,13,28H,1-6,9-10,22-23H2,(H2,25,26,27,29). The van der Waals surface area contributed by atoms with Gasteiger partial charge in [0.15, 0.2) is 11.5 Å². The molecule has 0 unspecified atom stereocenters. The first-order chi connectivity index (χ1) is 15.6. The summed E-state index contributed by atoms with van der Waals surface area (Å²) in [5.41, 5.74) is 19.0. The normalized spacial score (nSPS) is 17.0. The Morgan fingerprint density at radius 2 is 1.91 bits per heavy atom. The Morgan fingerprint density at radius 1 is 1.12 bits per heavy atom. The number of imidazole rings is 1. The minimum absolute atomic E-state index is 0.317. The van der Waals surface area contributed by atoms with Crippen LogP contribution in [-0.2, 0) is 17.8 Å². The van der Waals surface area contributed by atoms with Crippen molar-refractivity contribution in [3.8, 4) is 0 Å². The Kier molecular flexibility index (Phi) is 5.98. The van der Waals surface area contributed by atoms with Gasteiger partial charge in [0.2, 0.25) is 5.95 Å². The van der Waals surface area contributed by atoms with Crippen molar-refractivity contribution in [1.29, 1.82) is 0 Å². The molecule has 2 aliphatic rings. The predicted octanol–water partition coefficient (Wildman–Crippen LogP) is 1.67. The fraction of sp³-hybridized carbons (Fsp3) is 0.450. The Balaban J connectivity index is 1.49. The van der Waals surface area contributed by atoms with E-state index in [0.717, 1.165) is 42.9 Å². The van der Waals surface area contributed by atoms with E-state index in [2.05, 4.69) is 36.1 Å². The highest BCUT2D eigenvalue weighted by Gasteiger charge is 2.24. The first-order valence-corrected chi connectivity index (χ1v) is 11.1. The van der Waals surface area contributed by atoms with Gasteiger partial charge in [0.05, 0.1) is 41.5 Å². The summed E-state index contributed by atoms with van der Waals surface area (Å²) in [6.45, 7) is 3.57. The molecule has 1 aromatic carbocycles. The van der Waals surface area contributed by atoms with Crippen molar-refractivity contribution >= 4 is 40.4 Å². The topological polar surface area (TPSA) is 144 Å². The van der Waals surface area contributed by atoms with E-state index >= 15 is 0 Å². The summed E-state index contributed by atoms with van der Waals surface area (Å²) in [4.78, 5) is 9.11. The number of ether oxygens (including phenoxy) is 1. The monoisotopic (exact) mass is 458 g/mol. The summed E-state index contributed by atoms with van der Waals surface area (Å²) < 4.78 is 7.14. The van der Waals surface area contributed by atoms with Crippen molar-refractivity contribution in [2.24, 2.45) is 11.5 Å². The van der Waals surface area contributed by atoms with Crippen molar-refractivity contribution in [2.75, 3.05) is 42.4 Å². The van der Waals surface area contributed by atoms with Crippen LogP contribution in [0.15, 0.2) is 18.3 Å². The lowest BCUT2D eigenvalue weighted by Gasteiger charge is -2.29. The number of rotatable bonds is 8. The highest BCUT2D eigenvalue weighted by atomic mass is 35.5. The lowest BCUT2D eigenvalue weighted by molar-refractivity contribution is 0.0497. The van der Waals surface area contributed by atoms with Crippen LogP contribution in [0, 0.1) is 0 Å². The van der Waals surface area contributed by atoms with Crippen LogP contribution in [0.3, 0.4) is 0 Å². The lowest BCUT2D eigenvalue weighted by Crippen LogP contribution is -2.40. The van der Waals surface area contributed by atoms with Gasteiger partial charge in [-0.15, -0.1) is 5.10 Å². The van der Waals surface area contributed by atoms with Gasteiger partial charge < -0.3 is 32.3 Å². The van der Waals surface area contributed by atoms with Gasteiger partial charge in [0, 0.05) is 32.2 Å². The Morgan fingerprint density at radius 3 is 2.62 bits per heavy atom. The molecule has 0 amide bonds. The number of morpholine rings is 1. The number of benzene rings is 1. The molecule has 0 atom stereocenters. The number of hydrogen-bond acceptors (Lipinski definition) is 10. The maximum absolute atomic E-state index is 6.76. The maximum atomic E-state index is 6.76.